The van der Waals surface area contributed by atoms with E-state index in [0.29, 0.717) is 13.0 Å². The number of halogens is 3. The Hall–Kier alpha value is -1.41. The Morgan fingerprint density at radius 3 is 2.67 bits per heavy atom. The summed E-state index contributed by atoms with van der Waals surface area (Å²) in [5.74, 6) is 1.24. The van der Waals surface area contributed by atoms with E-state index in [9.17, 15) is 18.0 Å². The molecular weight excluding hydrogens is 305 g/mol. The Morgan fingerprint density at radius 1 is 1.38 bits per heavy atom. The highest BCUT2D eigenvalue weighted by Gasteiger charge is 2.30. The van der Waals surface area contributed by atoms with Crippen molar-refractivity contribution in [1.29, 1.82) is 0 Å². The third kappa shape index (κ3) is 5.47. The number of hydrogen-bond acceptors (Lipinski definition) is 4. The Balaban J connectivity index is 1.74. The molecule has 1 fully saturated rings. The molecule has 0 aliphatic carbocycles. The van der Waals surface area contributed by atoms with E-state index in [1.807, 2.05) is 0 Å². The standard InChI is InChI=1S/C13H15F3N2O2S/c14-13(15,16)20-10-3-1-9(2-4-10)5-6-17-12(19)11-7-21-8-18-11/h1-4,11,18H,5-8H2,(H,17,19). The third-order valence-corrected chi connectivity index (χ3v) is 3.84. The van der Waals surface area contributed by atoms with Crippen LogP contribution in [0.2, 0.25) is 0 Å². The molecule has 1 aromatic rings. The Bertz CT molecular complexity index is 473. The van der Waals surface area contributed by atoms with Crippen molar-refractivity contribution >= 4 is 17.7 Å². The van der Waals surface area contributed by atoms with Crippen LogP contribution in [-0.2, 0) is 11.2 Å². The highest BCUT2D eigenvalue weighted by molar-refractivity contribution is 7.99. The van der Waals surface area contributed by atoms with E-state index in [0.717, 1.165) is 17.2 Å². The van der Waals surface area contributed by atoms with E-state index >= 15 is 0 Å². The first-order chi connectivity index (χ1) is 9.94. The maximum Gasteiger partial charge on any atom is 0.573 e. The first-order valence-corrected chi connectivity index (χ1v) is 7.53. The normalized spacial score (nSPS) is 18.5. The van der Waals surface area contributed by atoms with Gasteiger partial charge in [0.1, 0.15) is 5.75 Å². The number of ether oxygens (including phenoxy) is 1. The van der Waals surface area contributed by atoms with Crippen LogP contribution in [0, 0.1) is 0 Å². The first kappa shape index (κ1) is 16.0. The molecule has 1 amide bonds. The van der Waals surface area contributed by atoms with Crippen LogP contribution in [0.15, 0.2) is 24.3 Å². The molecule has 1 atom stereocenters. The predicted octanol–water partition coefficient (Wildman–Crippen LogP) is 1.91. The fourth-order valence-corrected chi connectivity index (χ4v) is 2.82. The Labute approximate surface area is 124 Å². The molecule has 4 nitrogen and oxygen atoms in total. The highest BCUT2D eigenvalue weighted by atomic mass is 32.2. The van der Waals surface area contributed by atoms with Gasteiger partial charge in [-0.05, 0) is 24.1 Å². The van der Waals surface area contributed by atoms with Gasteiger partial charge < -0.3 is 10.1 Å². The number of benzene rings is 1. The van der Waals surface area contributed by atoms with Crippen LogP contribution in [0.25, 0.3) is 0 Å². The van der Waals surface area contributed by atoms with Crippen molar-refractivity contribution in [2.24, 2.45) is 0 Å². The largest absolute Gasteiger partial charge is 0.573 e. The molecule has 1 aromatic carbocycles. The first-order valence-electron chi connectivity index (χ1n) is 6.37. The summed E-state index contributed by atoms with van der Waals surface area (Å²) in [6.07, 6.45) is -4.13. The number of thioether (sulfide) groups is 1. The lowest BCUT2D eigenvalue weighted by atomic mass is 10.1. The van der Waals surface area contributed by atoms with Crippen LogP contribution in [0.5, 0.6) is 5.75 Å². The minimum atomic E-state index is -4.68. The molecule has 1 unspecified atom stereocenters. The van der Waals surface area contributed by atoms with Gasteiger partial charge in [0.25, 0.3) is 0 Å². The summed E-state index contributed by atoms with van der Waals surface area (Å²) >= 11 is 1.67. The summed E-state index contributed by atoms with van der Waals surface area (Å²) in [5, 5.41) is 5.86. The van der Waals surface area contributed by atoms with Crippen molar-refractivity contribution in [2.75, 3.05) is 18.2 Å². The number of carbonyl (C=O) groups is 1. The minimum absolute atomic E-state index is 0.0444. The van der Waals surface area contributed by atoms with Crippen molar-refractivity contribution in [2.45, 2.75) is 18.8 Å². The lowest BCUT2D eigenvalue weighted by molar-refractivity contribution is -0.274. The second kappa shape index (κ2) is 7.04. The maximum atomic E-state index is 12.0. The van der Waals surface area contributed by atoms with E-state index in [4.69, 9.17) is 0 Å². The molecule has 1 aliphatic heterocycles. The molecule has 0 bridgehead atoms. The molecule has 21 heavy (non-hydrogen) atoms. The minimum Gasteiger partial charge on any atom is -0.406 e. The molecule has 2 rings (SSSR count). The molecule has 1 aliphatic rings. The van der Waals surface area contributed by atoms with E-state index in [1.165, 1.54) is 12.1 Å². The molecule has 1 saturated heterocycles. The van der Waals surface area contributed by atoms with Gasteiger partial charge >= 0.3 is 6.36 Å². The number of amides is 1. The molecule has 0 spiro atoms. The van der Waals surface area contributed by atoms with Crippen LogP contribution in [0.3, 0.4) is 0 Å². The molecule has 8 heteroatoms. The lowest BCUT2D eigenvalue weighted by Crippen LogP contribution is -2.42. The van der Waals surface area contributed by atoms with Gasteiger partial charge in [-0.2, -0.15) is 0 Å². The monoisotopic (exact) mass is 320 g/mol. The van der Waals surface area contributed by atoms with Crippen molar-refractivity contribution < 1.29 is 22.7 Å². The van der Waals surface area contributed by atoms with Gasteiger partial charge in [0.05, 0.1) is 6.04 Å². The van der Waals surface area contributed by atoms with Gasteiger partial charge in [-0.1, -0.05) is 12.1 Å². The van der Waals surface area contributed by atoms with Gasteiger partial charge in [0, 0.05) is 18.2 Å². The van der Waals surface area contributed by atoms with Crippen LogP contribution in [0.4, 0.5) is 13.2 Å². The summed E-state index contributed by atoms with van der Waals surface area (Å²) in [4.78, 5) is 11.7. The van der Waals surface area contributed by atoms with Crippen LogP contribution in [-0.4, -0.2) is 36.5 Å². The number of nitrogens with one attached hydrogen (secondary N) is 2. The summed E-state index contributed by atoms with van der Waals surface area (Å²) in [6.45, 7) is 0.446. The van der Waals surface area contributed by atoms with E-state index in [-0.39, 0.29) is 17.7 Å². The summed E-state index contributed by atoms with van der Waals surface area (Å²) < 4.78 is 39.8. The number of rotatable bonds is 5. The van der Waals surface area contributed by atoms with E-state index in [2.05, 4.69) is 15.4 Å². The number of alkyl halides is 3. The second-order valence-corrected chi connectivity index (χ2v) is 5.53. The van der Waals surface area contributed by atoms with Gasteiger partial charge in [0.2, 0.25) is 5.91 Å². The molecule has 0 aromatic heterocycles. The zero-order valence-corrected chi connectivity index (χ0v) is 11.9. The summed E-state index contributed by atoms with van der Waals surface area (Å²) in [6, 6.07) is 5.48. The van der Waals surface area contributed by atoms with E-state index < -0.39 is 6.36 Å². The fourth-order valence-electron chi connectivity index (χ4n) is 1.87. The second-order valence-electron chi connectivity index (χ2n) is 4.50. The third-order valence-electron chi connectivity index (χ3n) is 2.90. The van der Waals surface area contributed by atoms with Crippen LogP contribution in [0.1, 0.15) is 5.56 Å². The number of carbonyl (C=O) groups excluding carboxylic acids is 1. The molecule has 1 heterocycles. The van der Waals surface area contributed by atoms with Gasteiger partial charge in [-0.3, -0.25) is 10.1 Å². The fraction of sp³-hybridized carbons (Fsp3) is 0.462. The molecule has 2 N–H and O–H groups in total. The van der Waals surface area contributed by atoms with Crippen molar-refractivity contribution in [1.82, 2.24) is 10.6 Å². The topological polar surface area (TPSA) is 50.4 Å². The molecule has 0 saturated carbocycles. The summed E-state index contributed by atoms with van der Waals surface area (Å²) in [7, 11) is 0. The molecule has 0 radical (unpaired) electrons. The van der Waals surface area contributed by atoms with Crippen molar-refractivity contribution in [3.05, 3.63) is 29.8 Å². The van der Waals surface area contributed by atoms with Gasteiger partial charge in [0.15, 0.2) is 0 Å². The SMILES string of the molecule is O=C(NCCc1ccc(OC(F)(F)F)cc1)C1CSCN1. The lowest BCUT2D eigenvalue weighted by Gasteiger charge is -2.11. The van der Waals surface area contributed by atoms with Crippen LogP contribution < -0.4 is 15.4 Å². The average Bonchev–Trinajstić information content (AvgIpc) is 2.93. The van der Waals surface area contributed by atoms with Crippen molar-refractivity contribution in [3.8, 4) is 5.75 Å². The summed E-state index contributed by atoms with van der Waals surface area (Å²) in [5.41, 5.74) is 0.832. The van der Waals surface area contributed by atoms with Gasteiger partial charge in [-0.25, -0.2) is 0 Å². The molecule has 116 valence electrons. The number of hydrogen-bond donors (Lipinski definition) is 2. The predicted molar refractivity (Wildman–Crippen MR) is 74.1 cm³/mol. The van der Waals surface area contributed by atoms with Gasteiger partial charge in [-0.15, -0.1) is 24.9 Å². The quantitative estimate of drug-likeness (QED) is 0.870. The average molecular weight is 320 g/mol. The maximum absolute atomic E-state index is 12.0. The zero-order chi connectivity index (χ0) is 15.3. The highest BCUT2D eigenvalue weighted by Crippen LogP contribution is 2.22. The Kier molecular flexibility index (Phi) is 5.35. The molecular formula is C13H15F3N2O2S. The smallest absolute Gasteiger partial charge is 0.406 e. The zero-order valence-electron chi connectivity index (χ0n) is 11.1. The Morgan fingerprint density at radius 2 is 2.10 bits per heavy atom. The van der Waals surface area contributed by atoms with E-state index in [1.54, 1.807) is 23.9 Å². The van der Waals surface area contributed by atoms with Crippen LogP contribution >= 0.6 is 11.8 Å². The van der Waals surface area contributed by atoms with Crippen molar-refractivity contribution in [3.63, 3.8) is 0 Å².